The second-order valence-electron chi connectivity index (χ2n) is 5.92. The van der Waals surface area contributed by atoms with Crippen molar-refractivity contribution in [3.8, 4) is 17.0 Å². The molecule has 0 fully saturated rings. The molecule has 2 rings (SSSR count). The summed E-state index contributed by atoms with van der Waals surface area (Å²) in [5.74, 6) is -0.492. The summed E-state index contributed by atoms with van der Waals surface area (Å²) in [6, 6.07) is 7.83. The van der Waals surface area contributed by atoms with Gasteiger partial charge in [-0.3, -0.25) is 4.98 Å². The Labute approximate surface area is 124 Å². The molecule has 3 nitrogen and oxygen atoms in total. The van der Waals surface area contributed by atoms with E-state index in [-0.39, 0.29) is 22.5 Å². The van der Waals surface area contributed by atoms with Crippen LogP contribution in [0.15, 0.2) is 43.1 Å². The van der Waals surface area contributed by atoms with E-state index in [0.717, 1.165) is 0 Å². The van der Waals surface area contributed by atoms with Crippen molar-refractivity contribution in [1.29, 1.82) is 0 Å². The van der Waals surface area contributed by atoms with Gasteiger partial charge in [0.15, 0.2) is 0 Å². The third-order valence-electron chi connectivity index (χ3n) is 2.88. The first-order valence-corrected chi connectivity index (χ1v) is 6.69. The Kier molecular flexibility index (Phi) is 3.98. The molecule has 0 spiro atoms. The summed E-state index contributed by atoms with van der Waals surface area (Å²) in [7, 11) is 0. The molecule has 1 heterocycles. The van der Waals surface area contributed by atoms with E-state index in [1.54, 1.807) is 18.2 Å². The van der Waals surface area contributed by atoms with Gasteiger partial charge in [-0.05, 0) is 50.6 Å². The van der Waals surface area contributed by atoms with Crippen molar-refractivity contribution in [1.82, 2.24) is 10.3 Å². The standard InChI is InChI=1S/C17H19FN2O/c1-11(20-17(2,3)4)12-7-8-13(14(18)10-12)16-15(21)6-5-9-19-16/h5-10,20-21H,1H2,2-4H3. The molecule has 2 N–H and O–H groups in total. The van der Waals surface area contributed by atoms with E-state index in [2.05, 4.69) is 16.9 Å². The van der Waals surface area contributed by atoms with Gasteiger partial charge < -0.3 is 10.4 Å². The average Bonchev–Trinajstić information content (AvgIpc) is 2.38. The number of aromatic nitrogens is 1. The van der Waals surface area contributed by atoms with Gasteiger partial charge in [0.25, 0.3) is 0 Å². The maximum atomic E-state index is 14.3. The predicted octanol–water partition coefficient (Wildman–Crippen LogP) is 3.95. The molecule has 0 saturated carbocycles. The Hall–Kier alpha value is -2.36. The van der Waals surface area contributed by atoms with Crippen LogP contribution in [0.3, 0.4) is 0 Å². The Morgan fingerprint density at radius 2 is 2.00 bits per heavy atom. The average molecular weight is 286 g/mol. The number of aromatic hydroxyl groups is 1. The molecule has 1 aromatic carbocycles. The summed E-state index contributed by atoms with van der Waals surface area (Å²) >= 11 is 0. The van der Waals surface area contributed by atoms with E-state index in [4.69, 9.17) is 0 Å². The lowest BCUT2D eigenvalue weighted by atomic mass is 10.0. The van der Waals surface area contributed by atoms with Crippen molar-refractivity contribution in [3.63, 3.8) is 0 Å². The first-order valence-electron chi connectivity index (χ1n) is 6.69. The summed E-state index contributed by atoms with van der Waals surface area (Å²) in [5, 5.41) is 13.0. The van der Waals surface area contributed by atoms with Gasteiger partial charge in [-0.2, -0.15) is 0 Å². The molecule has 21 heavy (non-hydrogen) atoms. The van der Waals surface area contributed by atoms with E-state index in [1.807, 2.05) is 20.8 Å². The van der Waals surface area contributed by atoms with Crippen molar-refractivity contribution in [2.24, 2.45) is 0 Å². The van der Waals surface area contributed by atoms with Crippen molar-refractivity contribution < 1.29 is 9.50 Å². The molecule has 0 bridgehead atoms. The molecule has 0 saturated heterocycles. The van der Waals surface area contributed by atoms with Gasteiger partial charge in [0.2, 0.25) is 0 Å². The van der Waals surface area contributed by atoms with E-state index in [9.17, 15) is 9.50 Å². The maximum absolute atomic E-state index is 14.3. The molecule has 0 amide bonds. The first-order chi connectivity index (χ1) is 9.78. The van der Waals surface area contributed by atoms with Crippen LogP contribution in [0.25, 0.3) is 17.0 Å². The van der Waals surface area contributed by atoms with E-state index in [1.165, 1.54) is 18.3 Å². The number of nitrogens with zero attached hydrogens (tertiary/aromatic N) is 1. The van der Waals surface area contributed by atoms with Crippen LogP contribution < -0.4 is 5.32 Å². The Bertz CT molecular complexity index is 675. The second-order valence-corrected chi connectivity index (χ2v) is 5.92. The van der Waals surface area contributed by atoms with Crippen LogP contribution in [0, 0.1) is 5.82 Å². The van der Waals surface area contributed by atoms with Crippen LogP contribution in [-0.4, -0.2) is 15.6 Å². The number of hydrogen-bond donors (Lipinski definition) is 2. The normalized spacial score (nSPS) is 11.2. The largest absolute Gasteiger partial charge is 0.506 e. The highest BCUT2D eigenvalue weighted by Crippen LogP contribution is 2.29. The second kappa shape index (κ2) is 5.56. The lowest BCUT2D eigenvalue weighted by Gasteiger charge is -2.24. The lowest BCUT2D eigenvalue weighted by molar-refractivity contribution is 0.474. The number of rotatable bonds is 3. The quantitative estimate of drug-likeness (QED) is 0.898. The van der Waals surface area contributed by atoms with Gasteiger partial charge in [-0.15, -0.1) is 0 Å². The predicted molar refractivity (Wildman–Crippen MR) is 83.2 cm³/mol. The molecule has 4 heteroatoms. The highest BCUT2D eigenvalue weighted by molar-refractivity contribution is 5.70. The summed E-state index contributed by atoms with van der Waals surface area (Å²) in [5.41, 5.74) is 1.67. The first kappa shape index (κ1) is 15.0. The van der Waals surface area contributed by atoms with Crippen molar-refractivity contribution in [2.45, 2.75) is 26.3 Å². The Morgan fingerprint density at radius 3 is 2.57 bits per heavy atom. The number of benzene rings is 1. The minimum atomic E-state index is -0.446. The summed E-state index contributed by atoms with van der Waals surface area (Å²) in [6.07, 6.45) is 1.52. The van der Waals surface area contributed by atoms with Crippen LogP contribution in [-0.2, 0) is 0 Å². The van der Waals surface area contributed by atoms with Crippen molar-refractivity contribution >= 4 is 5.70 Å². The number of nitrogens with one attached hydrogen (secondary N) is 1. The molecule has 0 radical (unpaired) electrons. The molecular weight excluding hydrogens is 267 g/mol. The van der Waals surface area contributed by atoms with Gasteiger partial charge in [-0.1, -0.05) is 12.6 Å². The van der Waals surface area contributed by atoms with Crippen LogP contribution in [0.1, 0.15) is 26.3 Å². The molecule has 0 aliphatic rings. The lowest BCUT2D eigenvalue weighted by Crippen LogP contribution is -2.33. The van der Waals surface area contributed by atoms with E-state index in [0.29, 0.717) is 11.3 Å². The number of pyridine rings is 1. The molecule has 2 aromatic rings. The Balaban J connectivity index is 2.35. The zero-order valence-corrected chi connectivity index (χ0v) is 12.4. The summed E-state index contributed by atoms with van der Waals surface area (Å²) in [6.45, 7) is 9.95. The fourth-order valence-electron chi connectivity index (χ4n) is 2.02. The Morgan fingerprint density at radius 1 is 1.29 bits per heavy atom. The van der Waals surface area contributed by atoms with E-state index < -0.39 is 5.82 Å². The summed E-state index contributed by atoms with van der Waals surface area (Å²) in [4.78, 5) is 4.02. The third kappa shape index (κ3) is 3.60. The molecule has 1 aromatic heterocycles. The third-order valence-corrected chi connectivity index (χ3v) is 2.88. The van der Waals surface area contributed by atoms with Gasteiger partial charge in [-0.25, -0.2) is 4.39 Å². The van der Waals surface area contributed by atoms with Crippen LogP contribution in [0.2, 0.25) is 0 Å². The van der Waals surface area contributed by atoms with Crippen molar-refractivity contribution in [2.75, 3.05) is 0 Å². The molecular formula is C17H19FN2O. The molecule has 0 aliphatic heterocycles. The molecule has 0 unspecified atom stereocenters. The minimum absolute atomic E-state index is 0.0456. The topological polar surface area (TPSA) is 45.2 Å². The van der Waals surface area contributed by atoms with Crippen molar-refractivity contribution in [3.05, 3.63) is 54.5 Å². The van der Waals surface area contributed by atoms with Gasteiger partial charge in [0.1, 0.15) is 17.3 Å². The molecule has 110 valence electrons. The number of halogens is 1. The van der Waals surface area contributed by atoms with Gasteiger partial charge in [0.05, 0.1) is 0 Å². The zero-order chi connectivity index (χ0) is 15.6. The highest BCUT2D eigenvalue weighted by Gasteiger charge is 2.14. The minimum Gasteiger partial charge on any atom is -0.506 e. The smallest absolute Gasteiger partial charge is 0.141 e. The molecule has 0 aliphatic carbocycles. The maximum Gasteiger partial charge on any atom is 0.141 e. The monoisotopic (exact) mass is 286 g/mol. The summed E-state index contributed by atoms with van der Waals surface area (Å²) < 4.78 is 14.3. The highest BCUT2D eigenvalue weighted by atomic mass is 19.1. The zero-order valence-electron chi connectivity index (χ0n) is 12.4. The van der Waals surface area contributed by atoms with E-state index >= 15 is 0 Å². The number of hydrogen-bond acceptors (Lipinski definition) is 3. The van der Waals surface area contributed by atoms with Crippen LogP contribution >= 0.6 is 0 Å². The van der Waals surface area contributed by atoms with Gasteiger partial charge in [0, 0.05) is 23.0 Å². The fourth-order valence-corrected chi connectivity index (χ4v) is 2.02. The van der Waals surface area contributed by atoms with Crippen LogP contribution in [0.5, 0.6) is 5.75 Å². The van der Waals surface area contributed by atoms with Crippen LogP contribution in [0.4, 0.5) is 4.39 Å². The molecule has 0 atom stereocenters. The fraction of sp³-hybridized carbons (Fsp3) is 0.235. The van der Waals surface area contributed by atoms with Gasteiger partial charge >= 0.3 is 0 Å². The SMILES string of the molecule is C=C(NC(C)(C)C)c1ccc(-c2ncccc2O)c(F)c1.